The van der Waals surface area contributed by atoms with Crippen molar-refractivity contribution in [1.82, 2.24) is 10.6 Å². The molecule has 0 atom stereocenters. The summed E-state index contributed by atoms with van der Waals surface area (Å²) >= 11 is 1.79. The number of amides is 1. The van der Waals surface area contributed by atoms with Gasteiger partial charge >= 0.3 is 0 Å². The van der Waals surface area contributed by atoms with Crippen LogP contribution in [0.2, 0.25) is 0 Å². The third-order valence-electron chi connectivity index (χ3n) is 2.81. The molecule has 1 heterocycles. The number of thioether (sulfide) groups is 1. The third-order valence-corrected chi connectivity index (χ3v) is 4.18. The summed E-state index contributed by atoms with van der Waals surface area (Å²) in [5.74, 6) is 3.36. The molecule has 1 saturated heterocycles. The summed E-state index contributed by atoms with van der Waals surface area (Å²) in [4.78, 5) is 11.5. The molecular weight excluding hydrogens is 232 g/mol. The molecule has 3 nitrogen and oxygen atoms in total. The van der Waals surface area contributed by atoms with E-state index < -0.39 is 0 Å². The van der Waals surface area contributed by atoms with Gasteiger partial charge < -0.3 is 10.6 Å². The van der Waals surface area contributed by atoms with Gasteiger partial charge in [-0.05, 0) is 38.8 Å². The zero-order chi connectivity index (χ0) is 12.3. The van der Waals surface area contributed by atoms with E-state index in [1.807, 2.05) is 0 Å². The molecule has 2 N–H and O–H groups in total. The number of unbranched alkanes of at least 4 members (excludes halogenated alkanes) is 2. The van der Waals surface area contributed by atoms with E-state index in [9.17, 15) is 4.79 Å². The maximum atomic E-state index is 11.5. The van der Waals surface area contributed by atoms with Crippen LogP contribution in [-0.4, -0.2) is 36.5 Å². The Labute approximate surface area is 108 Å². The maximum Gasteiger partial charge on any atom is 0.230 e. The number of hydrogen-bond acceptors (Lipinski definition) is 3. The minimum absolute atomic E-state index is 0.161. The molecule has 0 bridgehead atoms. The van der Waals surface area contributed by atoms with Crippen molar-refractivity contribution in [2.75, 3.05) is 25.4 Å². The highest BCUT2D eigenvalue weighted by atomic mass is 32.2. The van der Waals surface area contributed by atoms with Gasteiger partial charge in [0.15, 0.2) is 0 Å². The van der Waals surface area contributed by atoms with Crippen molar-refractivity contribution in [3.63, 3.8) is 0 Å². The van der Waals surface area contributed by atoms with E-state index in [0.29, 0.717) is 11.0 Å². The van der Waals surface area contributed by atoms with E-state index in [1.54, 1.807) is 11.8 Å². The number of carbonyl (C=O) groups excluding carboxylic acids is 1. The molecule has 0 aromatic carbocycles. The molecule has 0 unspecified atom stereocenters. The largest absolute Gasteiger partial charge is 0.355 e. The first-order valence-corrected chi connectivity index (χ1v) is 7.40. The van der Waals surface area contributed by atoms with Gasteiger partial charge in [-0.3, -0.25) is 4.79 Å². The van der Waals surface area contributed by atoms with Crippen molar-refractivity contribution < 1.29 is 4.79 Å². The number of carbonyl (C=O) groups is 1. The summed E-state index contributed by atoms with van der Waals surface area (Å²) in [7, 11) is 0. The summed E-state index contributed by atoms with van der Waals surface area (Å²) in [6.45, 7) is 2.93. The molecule has 1 amide bonds. The first-order valence-electron chi connectivity index (χ1n) is 6.35. The van der Waals surface area contributed by atoms with Gasteiger partial charge in [-0.15, -0.1) is 24.1 Å². The van der Waals surface area contributed by atoms with Crippen LogP contribution in [0.5, 0.6) is 0 Å². The van der Waals surface area contributed by atoms with Crippen molar-refractivity contribution in [3.05, 3.63) is 0 Å². The number of piperidine rings is 1. The lowest BCUT2D eigenvalue weighted by Crippen LogP contribution is -2.31. The van der Waals surface area contributed by atoms with E-state index in [1.165, 1.54) is 12.8 Å². The van der Waals surface area contributed by atoms with Crippen LogP contribution in [0.25, 0.3) is 0 Å². The maximum absolute atomic E-state index is 11.5. The second-order valence-corrected chi connectivity index (χ2v) is 5.56. The number of terminal acetylenes is 1. The molecule has 1 aliphatic heterocycles. The highest BCUT2D eigenvalue weighted by molar-refractivity contribution is 8.00. The standard InChI is InChI=1S/C13H22N2OS/c1-2-3-4-5-8-15-13(16)11-17-12-6-9-14-10-7-12/h1,12,14H,3-11H2,(H,15,16). The Morgan fingerprint density at radius 2 is 2.18 bits per heavy atom. The summed E-state index contributed by atoms with van der Waals surface area (Å²) in [5.41, 5.74) is 0. The second kappa shape index (κ2) is 9.38. The van der Waals surface area contributed by atoms with E-state index in [0.717, 1.165) is 38.9 Å². The third kappa shape index (κ3) is 7.30. The number of hydrogen-bond donors (Lipinski definition) is 2. The zero-order valence-electron chi connectivity index (χ0n) is 10.3. The molecule has 0 aliphatic carbocycles. The molecule has 0 spiro atoms. The molecule has 17 heavy (non-hydrogen) atoms. The lowest BCUT2D eigenvalue weighted by Gasteiger charge is -2.21. The Morgan fingerprint density at radius 3 is 2.88 bits per heavy atom. The fraction of sp³-hybridized carbons (Fsp3) is 0.769. The van der Waals surface area contributed by atoms with Crippen molar-refractivity contribution >= 4 is 17.7 Å². The average molecular weight is 254 g/mol. The Kier molecular flexibility index (Phi) is 7.94. The topological polar surface area (TPSA) is 41.1 Å². The lowest BCUT2D eigenvalue weighted by molar-refractivity contribution is -0.118. The van der Waals surface area contributed by atoms with E-state index >= 15 is 0 Å². The van der Waals surface area contributed by atoms with Crippen LogP contribution >= 0.6 is 11.8 Å². The van der Waals surface area contributed by atoms with Gasteiger partial charge in [-0.2, -0.15) is 0 Å². The first kappa shape index (κ1) is 14.4. The van der Waals surface area contributed by atoms with Crippen LogP contribution in [0.4, 0.5) is 0 Å². The van der Waals surface area contributed by atoms with Crippen LogP contribution in [0, 0.1) is 12.3 Å². The van der Waals surface area contributed by atoms with Gasteiger partial charge in [0.2, 0.25) is 5.91 Å². The van der Waals surface area contributed by atoms with Crippen LogP contribution in [0.15, 0.2) is 0 Å². The van der Waals surface area contributed by atoms with E-state index in [4.69, 9.17) is 6.42 Å². The predicted molar refractivity (Wildman–Crippen MR) is 74.0 cm³/mol. The van der Waals surface area contributed by atoms with Crippen LogP contribution < -0.4 is 10.6 Å². The van der Waals surface area contributed by atoms with Gasteiger partial charge in [0, 0.05) is 18.2 Å². The summed E-state index contributed by atoms with van der Waals surface area (Å²) < 4.78 is 0. The molecule has 1 fully saturated rings. The molecule has 0 aromatic rings. The number of rotatable bonds is 7. The Bertz CT molecular complexity index is 257. The lowest BCUT2D eigenvalue weighted by atomic mass is 10.2. The van der Waals surface area contributed by atoms with Gasteiger partial charge in [-0.1, -0.05) is 0 Å². The first-order chi connectivity index (χ1) is 8.33. The second-order valence-electron chi connectivity index (χ2n) is 4.27. The minimum atomic E-state index is 0.161. The Hall–Kier alpha value is -0.660. The fourth-order valence-electron chi connectivity index (χ4n) is 1.79. The molecule has 1 aliphatic rings. The summed E-state index contributed by atoms with van der Waals surface area (Å²) in [6, 6.07) is 0. The van der Waals surface area contributed by atoms with Gasteiger partial charge in [-0.25, -0.2) is 0 Å². The van der Waals surface area contributed by atoms with Crippen molar-refractivity contribution in [1.29, 1.82) is 0 Å². The number of nitrogens with one attached hydrogen (secondary N) is 2. The smallest absolute Gasteiger partial charge is 0.230 e. The van der Waals surface area contributed by atoms with Gasteiger partial charge in [0.25, 0.3) is 0 Å². The predicted octanol–water partition coefficient (Wildman–Crippen LogP) is 1.39. The average Bonchev–Trinajstić information content (AvgIpc) is 2.37. The van der Waals surface area contributed by atoms with E-state index in [-0.39, 0.29) is 5.91 Å². The Balaban J connectivity index is 1.95. The van der Waals surface area contributed by atoms with Crippen molar-refractivity contribution in [2.24, 2.45) is 0 Å². The van der Waals surface area contributed by atoms with Crippen LogP contribution in [0.3, 0.4) is 0 Å². The highest BCUT2D eigenvalue weighted by Crippen LogP contribution is 2.19. The highest BCUT2D eigenvalue weighted by Gasteiger charge is 2.14. The molecule has 0 radical (unpaired) electrons. The molecule has 0 saturated carbocycles. The minimum Gasteiger partial charge on any atom is -0.355 e. The van der Waals surface area contributed by atoms with Gasteiger partial charge in [0.1, 0.15) is 0 Å². The molecule has 96 valence electrons. The molecule has 4 heteroatoms. The molecule has 1 rings (SSSR count). The SMILES string of the molecule is C#CCCCCNC(=O)CSC1CCNCC1. The Morgan fingerprint density at radius 1 is 1.41 bits per heavy atom. The quantitative estimate of drug-likeness (QED) is 0.533. The van der Waals surface area contributed by atoms with Crippen LogP contribution in [-0.2, 0) is 4.79 Å². The van der Waals surface area contributed by atoms with Gasteiger partial charge in [0.05, 0.1) is 5.75 Å². The normalized spacial score (nSPS) is 16.4. The fourth-order valence-corrected chi connectivity index (χ4v) is 2.84. The summed E-state index contributed by atoms with van der Waals surface area (Å²) in [5, 5.41) is 6.92. The van der Waals surface area contributed by atoms with Crippen LogP contribution in [0.1, 0.15) is 32.1 Å². The van der Waals surface area contributed by atoms with E-state index in [2.05, 4.69) is 16.6 Å². The van der Waals surface area contributed by atoms with Crippen molar-refractivity contribution in [2.45, 2.75) is 37.4 Å². The monoisotopic (exact) mass is 254 g/mol. The van der Waals surface area contributed by atoms with Crippen molar-refractivity contribution in [3.8, 4) is 12.3 Å². The molecular formula is C13H22N2OS. The molecule has 0 aromatic heterocycles. The zero-order valence-corrected chi connectivity index (χ0v) is 11.2. The summed E-state index contributed by atoms with van der Waals surface area (Å²) in [6.07, 6.45) is 10.3.